The molecule has 8 heteroatoms. The monoisotopic (exact) mass is 373 g/mol. The van der Waals surface area contributed by atoms with Crippen LogP contribution < -0.4 is 5.69 Å². The minimum atomic E-state index is -0.126. The average molecular weight is 373 g/mol. The first kappa shape index (κ1) is 19.1. The van der Waals surface area contributed by atoms with Crippen molar-refractivity contribution in [1.29, 1.82) is 0 Å². The molecule has 8 nitrogen and oxygen atoms in total. The fourth-order valence-electron chi connectivity index (χ4n) is 4.08. The van der Waals surface area contributed by atoms with Crippen molar-refractivity contribution in [2.45, 2.75) is 53.0 Å². The standard InChI is InChI=1S/C19H27N5O3/c1-6-24-17(21-22(5)19(24)27)14-8-7-9-23(10-14)18(26)15-11(2)16(13(4)25)20-12(15)3/h14,20H,6-10H2,1-5H3. The number of likely N-dealkylation sites (tertiary alicyclic amines) is 1. The number of hydrogen-bond donors (Lipinski definition) is 1. The zero-order chi connectivity index (χ0) is 19.9. The molecule has 0 aromatic carbocycles. The number of aromatic nitrogens is 4. The first-order valence-electron chi connectivity index (χ1n) is 9.39. The first-order valence-corrected chi connectivity index (χ1v) is 9.39. The van der Waals surface area contributed by atoms with Crippen molar-refractivity contribution in [3.63, 3.8) is 0 Å². The van der Waals surface area contributed by atoms with Gasteiger partial charge in [-0.15, -0.1) is 0 Å². The Morgan fingerprint density at radius 1 is 1.30 bits per heavy atom. The van der Waals surface area contributed by atoms with Crippen molar-refractivity contribution in [3.8, 4) is 0 Å². The molecule has 1 fully saturated rings. The molecule has 1 N–H and O–H groups in total. The molecular formula is C19H27N5O3. The van der Waals surface area contributed by atoms with E-state index in [0.29, 0.717) is 42.1 Å². The summed E-state index contributed by atoms with van der Waals surface area (Å²) in [5.41, 5.74) is 2.37. The number of hydrogen-bond acceptors (Lipinski definition) is 4. The van der Waals surface area contributed by atoms with Crippen LogP contribution in [0.4, 0.5) is 0 Å². The van der Waals surface area contributed by atoms with Crippen molar-refractivity contribution >= 4 is 11.7 Å². The van der Waals surface area contributed by atoms with E-state index in [-0.39, 0.29) is 23.3 Å². The lowest BCUT2D eigenvalue weighted by Crippen LogP contribution is -2.40. The Morgan fingerprint density at radius 3 is 2.59 bits per heavy atom. The Kier molecular flexibility index (Phi) is 5.08. The summed E-state index contributed by atoms with van der Waals surface area (Å²) in [4.78, 5) is 42.0. The molecule has 0 radical (unpaired) electrons. The van der Waals surface area contributed by atoms with E-state index in [0.717, 1.165) is 18.7 Å². The highest BCUT2D eigenvalue weighted by Crippen LogP contribution is 2.28. The van der Waals surface area contributed by atoms with Gasteiger partial charge in [0.2, 0.25) is 0 Å². The predicted molar refractivity (Wildman–Crippen MR) is 101 cm³/mol. The lowest BCUT2D eigenvalue weighted by molar-refractivity contribution is 0.0702. The van der Waals surface area contributed by atoms with Gasteiger partial charge in [-0.3, -0.25) is 14.2 Å². The highest BCUT2D eigenvalue weighted by atomic mass is 16.2. The summed E-state index contributed by atoms with van der Waals surface area (Å²) < 4.78 is 3.04. The minimum absolute atomic E-state index is 0.0309. The Balaban J connectivity index is 1.89. The van der Waals surface area contributed by atoms with Crippen LogP contribution >= 0.6 is 0 Å². The van der Waals surface area contributed by atoms with E-state index in [4.69, 9.17) is 0 Å². The number of H-pyrrole nitrogens is 1. The number of nitrogens with one attached hydrogen (secondary N) is 1. The van der Waals surface area contributed by atoms with Crippen LogP contribution in [0.15, 0.2) is 4.79 Å². The lowest BCUT2D eigenvalue weighted by Gasteiger charge is -2.32. The van der Waals surface area contributed by atoms with E-state index in [2.05, 4.69) is 10.1 Å². The Labute approximate surface area is 158 Å². The van der Waals surface area contributed by atoms with Crippen molar-refractivity contribution in [2.75, 3.05) is 13.1 Å². The molecule has 0 saturated carbocycles. The molecule has 0 aliphatic carbocycles. The number of ketones is 1. The molecule has 1 amide bonds. The van der Waals surface area contributed by atoms with Crippen LogP contribution in [-0.4, -0.2) is 49.0 Å². The quantitative estimate of drug-likeness (QED) is 0.827. The summed E-state index contributed by atoms with van der Waals surface area (Å²) in [5.74, 6) is 0.629. The maximum atomic E-state index is 13.2. The molecule has 1 aliphatic rings. The van der Waals surface area contributed by atoms with Gasteiger partial charge in [-0.1, -0.05) is 0 Å². The van der Waals surface area contributed by atoms with E-state index < -0.39 is 0 Å². The fourth-order valence-corrected chi connectivity index (χ4v) is 4.08. The summed E-state index contributed by atoms with van der Waals surface area (Å²) in [6.45, 7) is 8.80. The van der Waals surface area contributed by atoms with E-state index in [1.165, 1.54) is 11.6 Å². The normalized spacial score (nSPS) is 17.4. The fraction of sp³-hybridized carbons (Fsp3) is 0.579. The van der Waals surface area contributed by atoms with Gasteiger partial charge in [-0.05, 0) is 39.2 Å². The number of aromatic amines is 1. The summed E-state index contributed by atoms with van der Waals surface area (Å²) in [6.07, 6.45) is 1.75. The number of rotatable bonds is 4. The maximum absolute atomic E-state index is 13.2. The third-order valence-corrected chi connectivity index (χ3v) is 5.43. The van der Waals surface area contributed by atoms with Gasteiger partial charge in [0.05, 0.1) is 11.3 Å². The Morgan fingerprint density at radius 2 is 2.00 bits per heavy atom. The van der Waals surface area contributed by atoms with E-state index in [1.54, 1.807) is 11.6 Å². The SMILES string of the molecule is CCn1c(C2CCCN(C(=O)c3c(C)[nH]c(C(C)=O)c3C)C2)nn(C)c1=O. The van der Waals surface area contributed by atoms with Gasteiger partial charge in [0.25, 0.3) is 5.91 Å². The van der Waals surface area contributed by atoms with Crippen molar-refractivity contribution in [1.82, 2.24) is 24.2 Å². The molecule has 146 valence electrons. The maximum Gasteiger partial charge on any atom is 0.345 e. The van der Waals surface area contributed by atoms with Crippen molar-refractivity contribution in [3.05, 3.63) is 38.8 Å². The van der Waals surface area contributed by atoms with Gasteiger partial charge >= 0.3 is 5.69 Å². The molecule has 3 rings (SSSR count). The molecule has 1 unspecified atom stereocenters. The van der Waals surface area contributed by atoms with Gasteiger partial charge < -0.3 is 9.88 Å². The average Bonchev–Trinajstić information content (AvgIpc) is 3.10. The van der Waals surface area contributed by atoms with Gasteiger partial charge in [0.1, 0.15) is 5.82 Å². The highest BCUT2D eigenvalue weighted by molar-refractivity contribution is 6.02. The molecule has 27 heavy (non-hydrogen) atoms. The van der Waals surface area contributed by atoms with E-state index in [9.17, 15) is 14.4 Å². The summed E-state index contributed by atoms with van der Waals surface area (Å²) >= 11 is 0. The number of Topliss-reactive ketones (excluding diaryl/α,β-unsaturated/α-hetero) is 1. The lowest BCUT2D eigenvalue weighted by atomic mass is 9.96. The van der Waals surface area contributed by atoms with Crippen LogP contribution in [0.25, 0.3) is 0 Å². The summed E-state index contributed by atoms with van der Waals surface area (Å²) in [5, 5.41) is 4.41. The van der Waals surface area contributed by atoms with Crippen molar-refractivity contribution < 1.29 is 9.59 Å². The second-order valence-corrected chi connectivity index (χ2v) is 7.28. The molecule has 2 aromatic heterocycles. The van der Waals surface area contributed by atoms with Gasteiger partial charge in [-0.2, -0.15) is 5.10 Å². The highest BCUT2D eigenvalue weighted by Gasteiger charge is 2.31. The van der Waals surface area contributed by atoms with E-state index in [1.807, 2.05) is 25.7 Å². The Hall–Kier alpha value is -2.64. The van der Waals surface area contributed by atoms with E-state index >= 15 is 0 Å². The van der Waals surface area contributed by atoms with Crippen LogP contribution in [0.1, 0.15) is 70.5 Å². The zero-order valence-corrected chi connectivity index (χ0v) is 16.6. The van der Waals surface area contributed by atoms with Crippen LogP contribution in [-0.2, 0) is 13.6 Å². The van der Waals surface area contributed by atoms with Gasteiger partial charge in [0.15, 0.2) is 5.78 Å². The first-order chi connectivity index (χ1) is 12.8. The van der Waals surface area contributed by atoms with Crippen LogP contribution in [0, 0.1) is 13.8 Å². The van der Waals surface area contributed by atoms with Gasteiger partial charge in [0, 0.05) is 45.2 Å². The third-order valence-electron chi connectivity index (χ3n) is 5.43. The smallest absolute Gasteiger partial charge is 0.345 e. The molecule has 0 spiro atoms. The summed E-state index contributed by atoms with van der Waals surface area (Å²) in [7, 11) is 1.65. The molecule has 1 saturated heterocycles. The molecular weight excluding hydrogens is 346 g/mol. The number of nitrogens with zero attached hydrogens (tertiary/aromatic N) is 4. The zero-order valence-electron chi connectivity index (χ0n) is 16.6. The predicted octanol–water partition coefficient (Wildman–Crippen LogP) is 1.77. The summed E-state index contributed by atoms with van der Waals surface area (Å²) in [6, 6.07) is 0. The molecule has 3 heterocycles. The second-order valence-electron chi connectivity index (χ2n) is 7.28. The third kappa shape index (κ3) is 3.24. The number of amides is 1. The minimum Gasteiger partial charge on any atom is -0.355 e. The topological polar surface area (TPSA) is 93.0 Å². The largest absolute Gasteiger partial charge is 0.355 e. The molecule has 1 aliphatic heterocycles. The molecule has 0 bridgehead atoms. The second kappa shape index (κ2) is 7.17. The van der Waals surface area contributed by atoms with Crippen LogP contribution in [0.3, 0.4) is 0 Å². The molecule has 2 aromatic rings. The number of aryl methyl sites for hydroxylation is 2. The number of carbonyl (C=O) groups excluding carboxylic acids is 2. The number of piperidine rings is 1. The van der Waals surface area contributed by atoms with Crippen LogP contribution in [0.2, 0.25) is 0 Å². The van der Waals surface area contributed by atoms with Gasteiger partial charge in [-0.25, -0.2) is 9.48 Å². The van der Waals surface area contributed by atoms with Crippen molar-refractivity contribution in [2.24, 2.45) is 7.05 Å². The number of carbonyl (C=O) groups is 2. The Bertz CT molecular complexity index is 949. The molecule has 1 atom stereocenters. The van der Waals surface area contributed by atoms with Crippen LogP contribution in [0.5, 0.6) is 0 Å².